The van der Waals surface area contributed by atoms with Crippen LogP contribution in [0.4, 0.5) is 5.69 Å². The summed E-state index contributed by atoms with van der Waals surface area (Å²) in [7, 11) is 0. The number of hydrogen-bond donors (Lipinski definition) is 2. The average Bonchev–Trinajstić information content (AvgIpc) is 3.34. The molecule has 0 spiro atoms. The zero-order chi connectivity index (χ0) is 25.0. The van der Waals surface area contributed by atoms with E-state index in [0.29, 0.717) is 11.3 Å². The number of nitrogens with zero attached hydrogens (tertiary/aromatic N) is 5. The summed E-state index contributed by atoms with van der Waals surface area (Å²) in [6.45, 7) is 9.79. The van der Waals surface area contributed by atoms with Crippen LogP contribution in [-0.4, -0.2) is 49.7 Å². The fourth-order valence-corrected chi connectivity index (χ4v) is 3.30. The van der Waals surface area contributed by atoms with E-state index in [9.17, 15) is 19.7 Å². The normalized spacial score (nSPS) is 11.3. The molecule has 2 aromatic heterocycles. The first-order valence-electron chi connectivity index (χ1n) is 10.6. The number of nitrogens with one attached hydrogen (secondary N) is 2. The molecule has 12 heteroatoms. The minimum absolute atomic E-state index is 0.00201. The Hall–Kier alpha value is -4.09. The number of nitro groups is 1. The molecule has 0 saturated carbocycles. The number of amides is 2. The molecule has 2 N–H and O–H groups in total. The first-order chi connectivity index (χ1) is 16.0. The molecule has 180 valence electrons. The van der Waals surface area contributed by atoms with Crippen molar-refractivity contribution in [3.05, 3.63) is 68.6 Å². The van der Waals surface area contributed by atoms with E-state index in [1.165, 1.54) is 11.6 Å². The molecule has 34 heavy (non-hydrogen) atoms. The monoisotopic (exact) mass is 469 g/mol. The molecule has 0 aliphatic carbocycles. The number of carbonyl (C=O) groups excluding carboxylic acids is 2. The van der Waals surface area contributed by atoms with Crippen LogP contribution in [0.25, 0.3) is 0 Å². The van der Waals surface area contributed by atoms with Crippen LogP contribution in [0.2, 0.25) is 0 Å². The predicted molar refractivity (Wildman–Crippen MR) is 122 cm³/mol. The fourth-order valence-electron chi connectivity index (χ4n) is 3.30. The summed E-state index contributed by atoms with van der Waals surface area (Å²) in [6, 6.07) is 7.39. The van der Waals surface area contributed by atoms with Gasteiger partial charge in [0.15, 0.2) is 5.82 Å². The van der Waals surface area contributed by atoms with Crippen LogP contribution in [-0.2, 0) is 12.0 Å². The topological polar surface area (TPSA) is 158 Å². The van der Waals surface area contributed by atoms with E-state index < -0.39 is 10.8 Å². The lowest BCUT2D eigenvalue weighted by Gasteiger charge is -2.19. The highest BCUT2D eigenvalue weighted by atomic mass is 16.6. The van der Waals surface area contributed by atoms with Gasteiger partial charge in [0.05, 0.1) is 4.92 Å². The van der Waals surface area contributed by atoms with Crippen LogP contribution in [0.15, 0.2) is 28.8 Å². The quantitative estimate of drug-likeness (QED) is 0.289. The number of carbonyl (C=O) groups is 2. The van der Waals surface area contributed by atoms with Gasteiger partial charge in [0.25, 0.3) is 5.91 Å². The smallest absolute Gasteiger partial charge is 0.316 e. The summed E-state index contributed by atoms with van der Waals surface area (Å²) < 4.78 is 6.35. The van der Waals surface area contributed by atoms with Crippen molar-refractivity contribution < 1.29 is 19.0 Å². The molecule has 0 fully saturated rings. The van der Waals surface area contributed by atoms with Crippen LogP contribution in [0.5, 0.6) is 0 Å². The molecular weight excluding hydrogens is 442 g/mol. The second-order valence-electron chi connectivity index (χ2n) is 8.79. The second-order valence-corrected chi connectivity index (χ2v) is 8.79. The highest BCUT2D eigenvalue weighted by Gasteiger charge is 2.23. The van der Waals surface area contributed by atoms with Crippen molar-refractivity contribution in [2.45, 2.75) is 46.6 Å². The number of hydrogen-bond acceptors (Lipinski definition) is 8. The lowest BCUT2D eigenvalue weighted by atomic mass is 9.87. The third-order valence-electron chi connectivity index (χ3n) is 5.19. The molecule has 0 unspecified atom stereocenters. The maximum atomic E-state index is 12.3. The van der Waals surface area contributed by atoms with Gasteiger partial charge < -0.3 is 15.2 Å². The molecule has 3 aromatic rings. The highest BCUT2D eigenvalue weighted by molar-refractivity contribution is 5.94. The van der Waals surface area contributed by atoms with Gasteiger partial charge in [-0.1, -0.05) is 38.1 Å². The zero-order valence-corrected chi connectivity index (χ0v) is 19.7. The van der Waals surface area contributed by atoms with Crippen molar-refractivity contribution >= 4 is 17.5 Å². The van der Waals surface area contributed by atoms with Gasteiger partial charge in [-0.2, -0.15) is 10.1 Å². The Bertz CT molecular complexity index is 1210. The molecule has 2 heterocycles. The van der Waals surface area contributed by atoms with Crippen LogP contribution >= 0.6 is 0 Å². The summed E-state index contributed by atoms with van der Waals surface area (Å²) >= 11 is 0. The summed E-state index contributed by atoms with van der Waals surface area (Å²) in [6.07, 6.45) is 0. The van der Waals surface area contributed by atoms with Crippen LogP contribution in [0, 0.1) is 24.0 Å². The van der Waals surface area contributed by atoms with Crippen molar-refractivity contribution in [2.24, 2.45) is 0 Å². The molecule has 1 aromatic carbocycles. The van der Waals surface area contributed by atoms with Crippen molar-refractivity contribution in [3.8, 4) is 0 Å². The molecule has 2 amide bonds. The molecule has 0 radical (unpaired) electrons. The van der Waals surface area contributed by atoms with E-state index in [1.807, 2.05) is 12.1 Å². The fraction of sp³-hybridized carbons (Fsp3) is 0.409. The second kappa shape index (κ2) is 9.81. The van der Waals surface area contributed by atoms with Crippen molar-refractivity contribution in [1.29, 1.82) is 0 Å². The Morgan fingerprint density at radius 2 is 1.71 bits per heavy atom. The van der Waals surface area contributed by atoms with Gasteiger partial charge in [-0.05, 0) is 37.0 Å². The van der Waals surface area contributed by atoms with E-state index in [1.54, 1.807) is 19.1 Å². The van der Waals surface area contributed by atoms with Crippen molar-refractivity contribution in [3.63, 3.8) is 0 Å². The minimum atomic E-state index is -0.595. The summed E-state index contributed by atoms with van der Waals surface area (Å²) in [4.78, 5) is 39.2. The predicted octanol–water partition coefficient (Wildman–Crippen LogP) is 2.30. The Kier molecular flexibility index (Phi) is 7.08. The van der Waals surface area contributed by atoms with Crippen molar-refractivity contribution in [2.75, 3.05) is 13.1 Å². The lowest BCUT2D eigenvalue weighted by molar-refractivity contribution is -0.386. The van der Waals surface area contributed by atoms with E-state index in [4.69, 9.17) is 4.52 Å². The van der Waals surface area contributed by atoms with E-state index in [-0.39, 0.29) is 54.1 Å². The molecule has 0 aliphatic rings. The lowest BCUT2D eigenvalue weighted by Crippen LogP contribution is -2.34. The average molecular weight is 470 g/mol. The number of aryl methyl sites for hydroxylation is 1. The van der Waals surface area contributed by atoms with Gasteiger partial charge in [-0.3, -0.25) is 24.4 Å². The molecule has 3 rings (SSSR count). The zero-order valence-electron chi connectivity index (χ0n) is 19.7. The van der Waals surface area contributed by atoms with E-state index >= 15 is 0 Å². The van der Waals surface area contributed by atoms with Crippen LogP contribution < -0.4 is 10.6 Å². The van der Waals surface area contributed by atoms with Gasteiger partial charge in [0.1, 0.15) is 17.9 Å². The Morgan fingerprint density at radius 1 is 1.09 bits per heavy atom. The largest absolute Gasteiger partial charge is 0.350 e. The molecule has 0 bridgehead atoms. The van der Waals surface area contributed by atoms with E-state index in [0.717, 1.165) is 5.56 Å². The number of aromatic nitrogens is 4. The Labute approximate surface area is 195 Å². The van der Waals surface area contributed by atoms with Gasteiger partial charge in [-0.25, -0.2) is 0 Å². The van der Waals surface area contributed by atoms with Crippen LogP contribution in [0.1, 0.15) is 64.6 Å². The molecule has 0 aliphatic heterocycles. The van der Waals surface area contributed by atoms with Crippen LogP contribution in [0.3, 0.4) is 0 Å². The van der Waals surface area contributed by atoms with Gasteiger partial charge >= 0.3 is 17.5 Å². The van der Waals surface area contributed by atoms with E-state index in [2.05, 4.69) is 46.6 Å². The Balaban J connectivity index is 1.48. The standard InChI is InChI=1S/C22H27N7O5/c1-13-18(29(32)33)14(2)28(26-13)12-17-25-21(34-27-17)20(31)24-11-10-23-19(30)15-6-8-16(9-7-15)22(3,4)5/h6-9H,10-12H2,1-5H3,(H,23,30)(H,24,31). The van der Waals surface area contributed by atoms with Crippen molar-refractivity contribution in [1.82, 2.24) is 30.6 Å². The summed E-state index contributed by atoms with van der Waals surface area (Å²) in [5.41, 5.74) is 2.21. The highest BCUT2D eigenvalue weighted by Crippen LogP contribution is 2.23. The first kappa shape index (κ1) is 24.6. The summed E-state index contributed by atoms with van der Waals surface area (Å²) in [5, 5.41) is 24.3. The van der Waals surface area contributed by atoms with Gasteiger partial charge in [-0.15, -0.1) is 0 Å². The number of benzene rings is 1. The third kappa shape index (κ3) is 5.63. The molecule has 12 nitrogen and oxygen atoms in total. The Morgan fingerprint density at radius 3 is 2.26 bits per heavy atom. The maximum absolute atomic E-state index is 12.3. The molecule has 0 saturated heterocycles. The molecule has 0 atom stereocenters. The minimum Gasteiger partial charge on any atom is -0.350 e. The summed E-state index contributed by atoms with van der Waals surface area (Å²) in [5.74, 6) is -0.941. The molecular formula is C22H27N7O5. The maximum Gasteiger partial charge on any atom is 0.316 e. The SMILES string of the molecule is Cc1nn(Cc2noc(C(=O)NCCNC(=O)c3ccc(C(C)(C)C)cc3)n2)c(C)c1[N+](=O)[O-]. The van der Waals surface area contributed by atoms with Gasteiger partial charge in [0.2, 0.25) is 0 Å². The number of rotatable bonds is 8. The van der Waals surface area contributed by atoms with Gasteiger partial charge in [0, 0.05) is 18.7 Å². The first-order valence-corrected chi connectivity index (χ1v) is 10.6. The third-order valence-corrected chi connectivity index (χ3v) is 5.19.